The maximum absolute atomic E-state index is 14.7. The Bertz CT molecular complexity index is 1800. The van der Waals surface area contributed by atoms with Crippen LogP contribution in [0.2, 0.25) is 0 Å². The van der Waals surface area contributed by atoms with Crippen LogP contribution in [0, 0.1) is 5.92 Å². The number of carbonyl (C=O) groups excluding carboxylic acids is 1. The van der Waals surface area contributed by atoms with Crippen molar-refractivity contribution >= 4 is 53.5 Å². The molecule has 0 N–H and O–H groups in total. The molecule has 0 saturated heterocycles. The van der Waals surface area contributed by atoms with Crippen molar-refractivity contribution in [1.82, 2.24) is 0 Å². The number of ketones is 1. The minimum Gasteiger partial charge on any atom is -0.294 e. The molecule has 0 spiro atoms. The maximum atomic E-state index is 14.7. The monoisotopic (exact) mass is 632 g/mol. The molecule has 46 heavy (non-hydrogen) atoms. The Morgan fingerprint density at radius 1 is 0.435 bits per heavy atom. The fourth-order valence-corrected chi connectivity index (χ4v) is 11.8. The predicted octanol–water partition coefficient (Wildman–Crippen LogP) is 8.63. The van der Waals surface area contributed by atoms with Gasteiger partial charge in [-0.05, 0) is 66.1 Å². The fourth-order valence-electron chi connectivity index (χ4n) is 6.84. The Hall–Kier alpha value is -4.15. The second kappa shape index (κ2) is 14.5. The third kappa shape index (κ3) is 6.41. The van der Waals surface area contributed by atoms with Gasteiger partial charge >= 0.3 is 0 Å². The molecular formula is C43H38OP2. The molecule has 3 heteroatoms. The van der Waals surface area contributed by atoms with Gasteiger partial charge in [-0.3, -0.25) is 4.79 Å². The summed E-state index contributed by atoms with van der Waals surface area (Å²) in [5.41, 5.74) is 3.18. The van der Waals surface area contributed by atoms with Crippen molar-refractivity contribution in [3.63, 3.8) is 0 Å². The van der Waals surface area contributed by atoms with E-state index in [1.165, 1.54) is 43.8 Å². The third-order valence-electron chi connectivity index (χ3n) is 9.00. The van der Waals surface area contributed by atoms with Crippen LogP contribution in [0.4, 0.5) is 0 Å². The van der Waals surface area contributed by atoms with Crippen LogP contribution in [0.5, 0.6) is 0 Å². The predicted molar refractivity (Wildman–Crippen MR) is 200 cm³/mol. The molecule has 0 aliphatic heterocycles. The van der Waals surface area contributed by atoms with Gasteiger partial charge in [0.05, 0.1) is 0 Å². The summed E-state index contributed by atoms with van der Waals surface area (Å²) < 4.78 is 0. The van der Waals surface area contributed by atoms with E-state index in [-0.39, 0.29) is 5.92 Å². The lowest BCUT2D eigenvalue weighted by molar-refractivity contribution is 0.0890. The maximum Gasteiger partial charge on any atom is 0.166 e. The van der Waals surface area contributed by atoms with Crippen LogP contribution in [0.25, 0.3) is 11.1 Å². The molecule has 1 aliphatic rings. The van der Waals surface area contributed by atoms with Crippen molar-refractivity contribution in [1.29, 1.82) is 0 Å². The zero-order valence-corrected chi connectivity index (χ0v) is 27.8. The summed E-state index contributed by atoms with van der Waals surface area (Å²) in [4.78, 5) is 14.7. The highest BCUT2D eigenvalue weighted by molar-refractivity contribution is 7.80. The van der Waals surface area contributed by atoms with E-state index in [9.17, 15) is 4.79 Å². The first-order valence-corrected chi connectivity index (χ1v) is 19.0. The van der Waals surface area contributed by atoms with Gasteiger partial charge in [0.25, 0.3) is 0 Å². The number of hydrogen-bond acceptors (Lipinski definition) is 1. The molecule has 0 aromatic heterocycles. The van der Waals surface area contributed by atoms with Gasteiger partial charge in [0.15, 0.2) is 5.78 Å². The van der Waals surface area contributed by atoms with Crippen molar-refractivity contribution in [2.45, 2.75) is 32.1 Å². The first-order chi connectivity index (χ1) is 22.8. The van der Waals surface area contributed by atoms with Gasteiger partial charge in [0.2, 0.25) is 0 Å². The smallest absolute Gasteiger partial charge is 0.166 e. The van der Waals surface area contributed by atoms with E-state index >= 15 is 0 Å². The zero-order valence-electron chi connectivity index (χ0n) is 26.0. The van der Waals surface area contributed by atoms with Crippen molar-refractivity contribution in [2.75, 3.05) is 0 Å². The normalized spacial score (nSPS) is 13.6. The van der Waals surface area contributed by atoms with Gasteiger partial charge in [0.1, 0.15) is 0 Å². The van der Waals surface area contributed by atoms with Crippen molar-refractivity contribution in [3.05, 3.63) is 169 Å². The molecule has 0 amide bonds. The molecule has 6 aromatic carbocycles. The average Bonchev–Trinajstić information content (AvgIpc) is 3.14. The van der Waals surface area contributed by atoms with E-state index in [4.69, 9.17) is 0 Å². The molecule has 1 fully saturated rings. The summed E-state index contributed by atoms with van der Waals surface area (Å²) in [7, 11) is -1.81. The molecule has 6 aromatic rings. The van der Waals surface area contributed by atoms with Crippen LogP contribution in [0.15, 0.2) is 164 Å². The summed E-state index contributed by atoms with van der Waals surface area (Å²) in [6.45, 7) is 0. The van der Waals surface area contributed by atoms with Crippen molar-refractivity contribution in [2.24, 2.45) is 5.92 Å². The van der Waals surface area contributed by atoms with Crippen LogP contribution in [0.3, 0.4) is 0 Å². The van der Waals surface area contributed by atoms with Gasteiger partial charge in [-0.15, -0.1) is 0 Å². The van der Waals surface area contributed by atoms with Crippen LogP contribution < -0.4 is 31.8 Å². The Morgan fingerprint density at radius 3 is 1.35 bits per heavy atom. The quantitative estimate of drug-likeness (QED) is 0.115. The zero-order chi connectivity index (χ0) is 31.1. The first-order valence-electron chi connectivity index (χ1n) is 16.4. The van der Waals surface area contributed by atoms with Crippen LogP contribution in [-0.4, -0.2) is 5.78 Å². The van der Waals surface area contributed by atoms with E-state index in [0.717, 1.165) is 36.8 Å². The standard InChI is InChI=1S/C43H38OP2/c44-43(33-19-6-1-7-20-33)39-30-18-32-41(46(36-25-12-4-13-26-36)37-27-14-5-15-28-37)42(39)38-29-16-17-31-40(38)45(34-21-8-2-9-22-34)35-23-10-3-11-24-35/h2-5,8-18,21-33H,1,6-7,19-20H2. The Labute approximate surface area is 275 Å². The molecule has 1 aliphatic carbocycles. The van der Waals surface area contributed by atoms with Crippen LogP contribution >= 0.6 is 15.8 Å². The number of rotatable bonds is 9. The summed E-state index contributed by atoms with van der Waals surface area (Å²) in [5.74, 6) is 0.394. The minimum atomic E-state index is -0.934. The van der Waals surface area contributed by atoms with E-state index in [0.29, 0.717) is 5.78 Å². The molecule has 0 bridgehead atoms. The topological polar surface area (TPSA) is 17.1 Å². The van der Waals surface area contributed by atoms with Gasteiger partial charge in [-0.25, -0.2) is 0 Å². The molecule has 0 radical (unpaired) electrons. The highest BCUT2D eigenvalue weighted by Crippen LogP contribution is 2.43. The molecular weight excluding hydrogens is 594 g/mol. The lowest BCUT2D eigenvalue weighted by atomic mass is 9.82. The van der Waals surface area contributed by atoms with Gasteiger partial charge < -0.3 is 0 Å². The van der Waals surface area contributed by atoms with E-state index in [1.807, 2.05) is 0 Å². The van der Waals surface area contributed by atoms with E-state index in [2.05, 4.69) is 164 Å². The van der Waals surface area contributed by atoms with Crippen molar-refractivity contribution < 1.29 is 4.79 Å². The average molecular weight is 633 g/mol. The largest absolute Gasteiger partial charge is 0.294 e. The molecule has 0 atom stereocenters. The number of carbonyl (C=O) groups is 1. The van der Waals surface area contributed by atoms with Gasteiger partial charge in [0, 0.05) is 17.0 Å². The summed E-state index contributed by atoms with van der Waals surface area (Å²) in [5, 5.41) is 7.73. The Morgan fingerprint density at radius 2 is 0.848 bits per heavy atom. The van der Waals surface area contributed by atoms with Crippen LogP contribution in [0.1, 0.15) is 42.5 Å². The highest BCUT2D eigenvalue weighted by Gasteiger charge is 2.31. The number of benzene rings is 6. The summed E-state index contributed by atoms with van der Waals surface area (Å²) in [6.07, 6.45) is 5.46. The summed E-state index contributed by atoms with van der Waals surface area (Å²) >= 11 is 0. The van der Waals surface area contributed by atoms with E-state index in [1.54, 1.807) is 0 Å². The molecule has 7 rings (SSSR count). The lowest BCUT2D eigenvalue weighted by Gasteiger charge is -2.29. The van der Waals surface area contributed by atoms with Crippen molar-refractivity contribution in [3.8, 4) is 11.1 Å². The Kier molecular flexibility index (Phi) is 9.63. The Balaban J connectivity index is 1.52. The third-order valence-corrected chi connectivity index (χ3v) is 14.0. The van der Waals surface area contributed by atoms with Crippen LogP contribution in [-0.2, 0) is 0 Å². The SMILES string of the molecule is O=C(c1cccc(P(c2ccccc2)c2ccccc2)c1-c1ccccc1P(c1ccccc1)c1ccccc1)C1CCCCC1. The molecule has 226 valence electrons. The van der Waals surface area contributed by atoms with Gasteiger partial charge in [-0.2, -0.15) is 0 Å². The molecule has 0 unspecified atom stereocenters. The second-order valence-electron chi connectivity index (χ2n) is 11.9. The van der Waals surface area contributed by atoms with Gasteiger partial charge in [-0.1, -0.05) is 183 Å². The lowest BCUT2D eigenvalue weighted by Crippen LogP contribution is -2.28. The van der Waals surface area contributed by atoms with E-state index < -0.39 is 15.8 Å². The molecule has 0 heterocycles. The number of hydrogen-bond donors (Lipinski definition) is 0. The molecule has 1 nitrogen and oxygen atoms in total. The number of Topliss-reactive ketones (excluding diaryl/α,β-unsaturated/α-hetero) is 1. The summed E-state index contributed by atoms with van der Waals surface area (Å²) in [6, 6.07) is 59.0. The second-order valence-corrected chi connectivity index (χ2v) is 16.3. The first kappa shape index (κ1) is 30.5. The highest BCUT2D eigenvalue weighted by atomic mass is 31.1. The fraction of sp³-hybridized carbons (Fsp3) is 0.140. The minimum absolute atomic E-state index is 0.0827. The molecule has 1 saturated carbocycles.